The number of aromatic nitrogens is 2. The Morgan fingerprint density at radius 1 is 1.20 bits per heavy atom. The van der Waals surface area contributed by atoms with Gasteiger partial charge in [0.1, 0.15) is 5.76 Å². The average Bonchev–Trinajstić information content (AvgIpc) is 2.48. The van der Waals surface area contributed by atoms with Crippen LogP contribution >= 0.6 is 0 Å². The number of likely N-dealkylation sites (N-methyl/N-ethyl adjacent to an activating group) is 1. The monoisotopic (exact) mass is 272 g/mol. The van der Waals surface area contributed by atoms with E-state index in [4.69, 9.17) is 4.74 Å². The summed E-state index contributed by atoms with van der Waals surface area (Å²) in [7, 11) is 2.12. The maximum Gasteiger partial charge on any atom is 0.225 e. The second-order valence-corrected chi connectivity index (χ2v) is 4.62. The molecule has 0 atom stereocenters. The van der Waals surface area contributed by atoms with Gasteiger partial charge >= 0.3 is 0 Å². The summed E-state index contributed by atoms with van der Waals surface area (Å²) in [6.45, 7) is 11.3. The third-order valence-electron chi connectivity index (χ3n) is 3.12. The van der Waals surface area contributed by atoms with Gasteiger partial charge in [-0.3, -0.25) is 0 Å². The van der Waals surface area contributed by atoms with Gasteiger partial charge in [-0.1, -0.05) is 19.2 Å². The van der Waals surface area contributed by atoms with Crippen LogP contribution in [0.5, 0.6) is 5.75 Å². The predicted octanol–water partition coefficient (Wildman–Crippen LogP) is 1.86. The van der Waals surface area contributed by atoms with Crippen LogP contribution in [0.2, 0.25) is 0 Å². The first-order chi connectivity index (χ1) is 9.72. The Kier molecular flexibility index (Phi) is 4.90. The number of hydrogen-bond donors (Lipinski definition) is 0. The van der Waals surface area contributed by atoms with E-state index in [1.807, 2.05) is 0 Å². The van der Waals surface area contributed by atoms with Crippen LogP contribution in [0.1, 0.15) is 0 Å². The Morgan fingerprint density at radius 2 is 1.85 bits per heavy atom. The standard InChI is InChI=1S/C15H20N4O/c1-4-6-13(5-2)20-14-11-16-15(17-12-14)19-9-7-18(3)8-10-19/h4-6,11-12H,1-2,7-10H2,3H3/b13-6+. The van der Waals surface area contributed by atoms with Crippen molar-refractivity contribution >= 4 is 5.95 Å². The van der Waals surface area contributed by atoms with E-state index >= 15 is 0 Å². The molecule has 0 N–H and O–H groups in total. The minimum Gasteiger partial charge on any atom is -0.454 e. The largest absolute Gasteiger partial charge is 0.454 e. The normalized spacial score (nSPS) is 16.9. The lowest BCUT2D eigenvalue weighted by atomic mass is 10.3. The fourth-order valence-corrected chi connectivity index (χ4v) is 1.93. The lowest BCUT2D eigenvalue weighted by molar-refractivity contribution is 0.311. The van der Waals surface area contributed by atoms with Gasteiger partial charge in [0.2, 0.25) is 5.95 Å². The molecule has 0 unspecified atom stereocenters. The van der Waals surface area contributed by atoms with E-state index < -0.39 is 0 Å². The van der Waals surface area contributed by atoms with Gasteiger partial charge in [0.15, 0.2) is 5.75 Å². The lowest BCUT2D eigenvalue weighted by Gasteiger charge is -2.32. The van der Waals surface area contributed by atoms with Crippen molar-refractivity contribution in [3.8, 4) is 5.75 Å². The van der Waals surface area contributed by atoms with Crippen molar-refractivity contribution in [3.05, 3.63) is 49.5 Å². The Balaban J connectivity index is 2.01. The molecule has 20 heavy (non-hydrogen) atoms. The second kappa shape index (κ2) is 6.86. The van der Waals surface area contributed by atoms with E-state index in [-0.39, 0.29) is 0 Å². The summed E-state index contributed by atoms with van der Waals surface area (Å²) in [5.74, 6) is 1.96. The average molecular weight is 272 g/mol. The molecule has 0 saturated carbocycles. The fraction of sp³-hybridized carbons (Fsp3) is 0.333. The molecule has 1 aliphatic rings. The number of rotatable bonds is 5. The highest BCUT2D eigenvalue weighted by Gasteiger charge is 2.16. The van der Waals surface area contributed by atoms with Gasteiger partial charge in [0, 0.05) is 26.2 Å². The molecule has 5 heteroatoms. The van der Waals surface area contributed by atoms with E-state index in [2.05, 4.69) is 40.0 Å². The van der Waals surface area contributed by atoms with Crippen molar-refractivity contribution in [2.75, 3.05) is 38.1 Å². The predicted molar refractivity (Wildman–Crippen MR) is 80.8 cm³/mol. The number of anilines is 1. The van der Waals surface area contributed by atoms with E-state index in [1.165, 1.54) is 0 Å². The van der Waals surface area contributed by atoms with Crippen molar-refractivity contribution in [1.82, 2.24) is 14.9 Å². The van der Waals surface area contributed by atoms with Crippen LogP contribution in [-0.4, -0.2) is 48.1 Å². The molecule has 0 radical (unpaired) electrons. The molecule has 2 heterocycles. The van der Waals surface area contributed by atoms with Crippen molar-refractivity contribution in [1.29, 1.82) is 0 Å². The summed E-state index contributed by atoms with van der Waals surface area (Å²) >= 11 is 0. The van der Waals surface area contributed by atoms with Gasteiger partial charge in [0.25, 0.3) is 0 Å². The number of allylic oxidation sites excluding steroid dienone is 3. The molecule has 1 saturated heterocycles. The van der Waals surface area contributed by atoms with Gasteiger partial charge in [-0.2, -0.15) is 0 Å². The zero-order valence-electron chi connectivity index (χ0n) is 11.8. The number of ether oxygens (including phenoxy) is 1. The molecule has 106 valence electrons. The lowest BCUT2D eigenvalue weighted by Crippen LogP contribution is -2.45. The highest BCUT2D eigenvalue weighted by Crippen LogP contribution is 2.16. The van der Waals surface area contributed by atoms with Crippen LogP contribution in [0, 0.1) is 0 Å². The highest BCUT2D eigenvalue weighted by atomic mass is 16.5. The Bertz CT molecular complexity index is 487. The second-order valence-electron chi connectivity index (χ2n) is 4.62. The smallest absolute Gasteiger partial charge is 0.225 e. The topological polar surface area (TPSA) is 41.5 Å². The first-order valence-electron chi connectivity index (χ1n) is 6.61. The van der Waals surface area contributed by atoms with Crippen molar-refractivity contribution < 1.29 is 4.74 Å². The zero-order chi connectivity index (χ0) is 14.4. The molecule has 1 fully saturated rings. The number of nitrogens with zero attached hydrogens (tertiary/aromatic N) is 4. The highest BCUT2D eigenvalue weighted by molar-refractivity contribution is 5.33. The molecule has 1 aromatic heterocycles. The molecular formula is C15H20N4O. The van der Waals surface area contributed by atoms with E-state index in [0.29, 0.717) is 11.5 Å². The zero-order valence-corrected chi connectivity index (χ0v) is 11.8. The third kappa shape index (κ3) is 3.68. The Labute approximate surface area is 119 Å². The van der Waals surface area contributed by atoms with Gasteiger partial charge in [-0.05, 0) is 19.2 Å². The third-order valence-corrected chi connectivity index (χ3v) is 3.12. The van der Waals surface area contributed by atoms with Gasteiger partial charge < -0.3 is 14.5 Å². The summed E-state index contributed by atoms with van der Waals surface area (Å²) in [5, 5.41) is 0. The summed E-state index contributed by atoms with van der Waals surface area (Å²) < 4.78 is 5.58. The minimum absolute atomic E-state index is 0.593. The summed E-state index contributed by atoms with van der Waals surface area (Å²) in [4.78, 5) is 13.2. The quantitative estimate of drug-likeness (QED) is 0.604. The first-order valence-corrected chi connectivity index (χ1v) is 6.61. The molecule has 0 aromatic carbocycles. The molecular weight excluding hydrogens is 252 g/mol. The molecule has 0 bridgehead atoms. The molecule has 0 aliphatic carbocycles. The minimum atomic E-state index is 0.593. The summed E-state index contributed by atoms with van der Waals surface area (Å²) in [6.07, 6.45) is 8.37. The maximum absolute atomic E-state index is 5.58. The van der Waals surface area contributed by atoms with Crippen LogP contribution in [-0.2, 0) is 0 Å². The van der Waals surface area contributed by atoms with Crippen LogP contribution in [0.3, 0.4) is 0 Å². The van der Waals surface area contributed by atoms with E-state index in [0.717, 1.165) is 32.1 Å². The molecule has 5 nitrogen and oxygen atoms in total. The summed E-state index contributed by atoms with van der Waals surface area (Å²) in [6, 6.07) is 0. The van der Waals surface area contributed by atoms with Crippen LogP contribution in [0.4, 0.5) is 5.95 Å². The van der Waals surface area contributed by atoms with Crippen molar-refractivity contribution in [2.45, 2.75) is 0 Å². The van der Waals surface area contributed by atoms with Gasteiger partial charge in [0.05, 0.1) is 12.4 Å². The fourth-order valence-electron chi connectivity index (χ4n) is 1.93. The Morgan fingerprint density at radius 3 is 2.40 bits per heavy atom. The van der Waals surface area contributed by atoms with Gasteiger partial charge in [-0.25, -0.2) is 9.97 Å². The van der Waals surface area contributed by atoms with Gasteiger partial charge in [-0.15, -0.1) is 0 Å². The maximum atomic E-state index is 5.58. The number of hydrogen-bond acceptors (Lipinski definition) is 5. The van der Waals surface area contributed by atoms with Crippen LogP contribution in [0.25, 0.3) is 0 Å². The Hall–Kier alpha value is -2.14. The van der Waals surface area contributed by atoms with Crippen LogP contribution in [0.15, 0.2) is 49.5 Å². The molecule has 1 aliphatic heterocycles. The van der Waals surface area contributed by atoms with Crippen LogP contribution < -0.4 is 9.64 Å². The molecule has 1 aromatic rings. The first kappa shape index (κ1) is 14.3. The van der Waals surface area contributed by atoms with E-state index in [1.54, 1.807) is 30.6 Å². The molecule has 0 spiro atoms. The van der Waals surface area contributed by atoms with Crippen molar-refractivity contribution in [2.24, 2.45) is 0 Å². The van der Waals surface area contributed by atoms with Crippen molar-refractivity contribution in [3.63, 3.8) is 0 Å². The number of piperazine rings is 1. The van der Waals surface area contributed by atoms with E-state index in [9.17, 15) is 0 Å². The molecule has 0 amide bonds. The SMILES string of the molecule is C=C/C=C(\C=C)Oc1cnc(N2CCN(C)CC2)nc1. The summed E-state index contributed by atoms with van der Waals surface area (Å²) in [5.41, 5.74) is 0. The molecule has 2 rings (SSSR count).